The predicted octanol–water partition coefficient (Wildman–Crippen LogP) is 4.24. The summed E-state index contributed by atoms with van der Waals surface area (Å²) in [5, 5.41) is 4.37. The van der Waals surface area contributed by atoms with E-state index in [1.165, 1.54) is 11.3 Å². The normalized spacial score (nSPS) is 14.9. The fraction of sp³-hybridized carbons (Fsp3) is 0.480. The van der Waals surface area contributed by atoms with Crippen LogP contribution >= 0.6 is 12.4 Å². The lowest BCUT2D eigenvalue weighted by Crippen LogP contribution is -2.46. The fourth-order valence-electron chi connectivity index (χ4n) is 3.88. The third-order valence-corrected chi connectivity index (χ3v) is 5.98. The standard InChI is InChI=1S/C25H34N6O.ClH/c1-19-22(16-28-29(19)5)17-30-12-14-31(15-13-30)24-23(26-10-11-27-24)21-8-6-20(7-9-21)18-32-25(2,3)4;/h6-11,16H,12-15,17-18H2,1-5H3;1H. The minimum atomic E-state index is -0.144. The lowest BCUT2D eigenvalue weighted by atomic mass is 10.1. The van der Waals surface area contributed by atoms with Gasteiger partial charge in [0.15, 0.2) is 5.82 Å². The summed E-state index contributed by atoms with van der Waals surface area (Å²) in [5.41, 5.74) is 5.58. The molecule has 0 N–H and O–H groups in total. The molecule has 33 heavy (non-hydrogen) atoms. The van der Waals surface area contributed by atoms with Crippen LogP contribution in [-0.4, -0.2) is 56.4 Å². The highest BCUT2D eigenvalue weighted by molar-refractivity contribution is 5.85. The number of hydrogen-bond donors (Lipinski definition) is 0. The molecule has 0 unspecified atom stereocenters. The Labute approximate surface area is 203 Å². The van der Waals surface area contributed by atoms with E-state index in [0.29, 0.717) is 6.61 Å². The first-order valence-corrected chi connectivity index (χ1v) is 11.3. The topological polar surface area (TPSA) is 59.3 Å². The predicted molar refractivity (Wildman–Crippen MR) is 135 cm³/mol. The molecule has 0 amide bonds. The second-order valence-electron chi connectivity index (χ2n) is 9.47. The Morgan fingerprint density at radius 2 is 1.64 bits per heavy atom. The van der Waals surface area contributed by atoms with E-state index in [0.717, 1.165) is 55.4 Å². The van der Waals surface area contributed by atoms with Gasteiger partial charge < -0.3 is 9.64 Å². The molecule has 178 valence electrons. The average molecular weight is 471 g/mol. The van der Waals surface area contributed by atoms with E-state index in [-0.39, 0.29) is 18.0 Å². The van der Waals surface area contributed by atoms with Crippen molar-refractivity contribution in [1.29, 1.82) is 0 Å². The van der Waals surface area contributed by atoms with Crippen LogP contribution in [0.3, 0.4) is 0 Å². The molecular formula is C25H35ClN6O. The van der Waals surface area contributed by atoms with Crippen molar-refractivity contribution in [2.45, 2.75) is 46.4 Å². The summed E-state index contributed by atoms with van der Waals surface area (Å²) >= 11 is 0. The van der Waals surface area contributed by atoms with Crippen molar-refractivity contribution in [3.8, 4) is 11.3 Å². The number of rotatable bonds is 6. The quantitative estimate of drug-likeness (QED) is 0.537. The van der Waals surface area contributed by atoms with E-state index >= 15 is 0 Å². The summed E-state index contributed by atoms with van der Waals surface area (Å²) in [6.45, 7) is 13.8. The molecule has 7 nitrogen and oxygen atoms in total. The van der Waals surface area contributed by atoms with Gasteiger partial charge in [0, 0.05) is 69.0 Å². The van der Waals surface area contributed by atoms with Crippen molar-refractivity contribution in [2.75, 3.05) is 31.1 Å². The Balaban J connectivity index is 0.00000306. The first-order chi connectivity index (χ1) is 15.3. The maximum absolute atomic E-state index is 5.90. The Morgan fingerprint density at radius 3 is 2.24 bits per heavy atom. The van der Waals surface area contributed by atoms with E-state index in [2.05, 4.69) is 71.8 Å². The minimum absolute atomic E-state index is 0. The molecule has 0 radical (unpaired) electrons. The van der Waals surface area contributed by atoms with Gasteiger partial charge in [0.05, 0.1) is 18.4 Å². The second-order valence-corrected chi connectivity index (χ2v) is 9.47. The smallest absolute Gasteiger partial charge is 0.155 e. The molecule has 0 bridgehead atoms. The molecule has 1 aromatic carbocycles. The minimum Gasteiger partial charge on any atom is -0.371 e. The molecule has 0 aliphatic carbocycles. The number of halogens is 1. The number of piperazine rings is 1. The van der Waals surface area contributed by atoms with Crippen molar-refractivity contribution in [3.05, 3.63) is 59.7 Å². The van der Waals surface area contributed by atoms with Crippen LogP contribution in [-0.2, 0) is 24.9 Å². The van der Waals surface area contributed by atoms with Gasteiger partial charge in [-0.15, -0.1) is 12.4 Å². The molecular weight excluding hydrogens is 436 g/mol. The van der Waals surface area contributed by atoms with Crippen LogP contribution in [0.1, 0.15) is 37.6 Å². The van der Waals surface area contributed by atoms with E-state index in [9.17, 15) is 0 Å². The van der Waals surface area contributed by atoms with Gasteiger partial charge in [-0.2, -0.15) is 5.10 Å². The molecule has 4 rings (SSSR count). The Bertz CT molecular complexity index is 1040. The SMILES string of the molecule is Cc1c(CN2CCN(c3nccnc3-c3ccc(COC(C)(C)C)cc3)CC2)cnn1C.Cl. The molecule has 1 aliphatic rings. The summed E-state index contributed by atoms with van der Waals surface area (Å²) in [6.07, 6.45) is 5.55. The lowest BCUT2D eigenvalue weighted by Gasteiger charge is -2.35. The molecule has 0 saturated carbocycles. The van der Waals surface area contributed by atoms with Gasteiger partial charge in [0.1, 0.15) is 5.69 Å². The highest BCUT2D eigenvalue weighted by Crippen LogP contribution is 2.28. The van der Waals surface area contributed by atoms with Gasteiger partial charge in [-0.1, -0.05) is 24.3 Å². The zero-order valence-corrected chi connectivity index (χ0v) is 21.1. The molecule has 1 saturated heterocycles. The van der Waals surface area contributed by atoms with Crippen molar-refractivity contribution < 1.29 is 4.74 Å². The van der Waals surface area contributed by atoms with Crippen molar-refractivity contribution in [2.24, 2.45) is 7.05 Å². The third kappa shape index (κ3) is 6.31. The summed E-state index contributed by atoms with van der Waals surface area (Å²) in [4.78, 5) is 14.2. The van der Waals surface area contributed by atoms with E-state index < -0.39 is 0 Å². The summed E-state index contributed by atoms with van der Waals surface area (Å²) in [6, 6.07) is 8.48. The second kappa shape index (κ2) is 10.6. The van der Waals surface area contributed by atoms with E-state index in [1.54, 1.807) is 12.4 Å². The van der Waals surface area contributed by atoms with Gasteiger partial charge in [0.25, 0.3) is 0 Å². The van der Waals surface area contributed by atoms with Gasteiger partial charge >= 0.3 is 0 Å². The van der Waals surface area contributed by atoms with Crippen LogP contribution in [0.2, 0.25) is 0 Å². The van der Waals surface area contributed by atoms with Crippen LogP contribution < -0.4 is 4.90 Å². The van der Waals surface area contributed by atoms with Crippen molar-refractivity contribution in [3.63, 3.8) is 0 Å². The van der Waals surface area contributed by atoms with Crippen molar-refractivity contribution in [1.82, 2.24) is 24.6 Å². The molecule has 3 heterocycles. The number of benzene rings is 1. The fourth-order valence-corrected chi connectivity index (χ4v) is 3.88. The van der Waals surface area contributed by atoms with Gasteiger partial charge in [-0.3, -0.25) is 14.6 Å². The van der Waals surface area contributed by atoms with E-state index in [4.69, 9.17) is 9.72 Å². The summed E-state index contributed by atoms with van der Waals surface area (Å²) in [7, 11) is 2.00. The Kier molecular flexibility index (Phi) is 8.10. The third-order valence-electron chi connectivity index (χ3n) is 5.98. The molecule has 1 aliphatic heterocycles. The number of ether oxygens (including phenoxy) is 1. The highest BCUT2D eigenvalue weighted by atomic mass is 35.5. The number of aromatic nitrogens is 4. The lowest BCUT2D eigenvalue weighted by molar-refractivity contribution is -0.0149. The van der Waals surface area contributed by atoms with Crippen LogP contribution in [0, 0.1) is 6.92 Å². The maximum Gasteiger partial charge on any atom is 0.155 e. The Morgan fingerprint density at radius 1 is 0.970 bits per heavy atom. The highest BCUT2D eigenvalue weighted by Gasteiger charge is 2.22. The first kappa shape index (κ1) is 25.1. The number of hydrogen-bond acceptors (Lipinski definition) is 6. The number of aryl methyl sites for hydroxylation is 1. The van der Waals surface area contributed by atoms with Crippen LogP contribution in [0.4, 0.5) is 5.82 Å². The monoisotopic (exact) mass is 470 g/mol. The zero-order chi connectivity index (χ0) is 22.7. The first-order valence-electron chi connectivity index (χ1n) is 11.3. The van der Waals surface area contributed by atoms with E-state index in [1.807, 2.05) is 17.9 Å². The number of nitrogens with zero attached hydrogens (tertiary/aromatic N) is 6. The summed E-state index contributed by atoms with van der Waals surface area (Å²) in [5.74, 6) is 0.961. The summed E-state index contributed by atoms with van der Waals surface area (Å²) < 4.78 is 7.84. The molecule has 8 heteroatoms. The average Bonchev–Trinajstić information content (AvgIpc) is 3.10. The van der Waals surface area contributed by atoms with Crippen molar-refractivity contribution >= 4 is 18.2 Å². The maximum atomic E-state index is 5.90. The van der Waals surface area contributed by atoms with Crippen LogP contribution in [0.15, 0.2) is 42.9 Å². The van der Waals surface area contributed by atoms with Gasteiger partial charge in [-0.05, 0) is 33.3 Å². The zero-order valence-electron chi connectivity index (χ0n) is 20.3. The number of anilines is 1. The van der Waals surface area contributed by atoms with Crippen LogP contribution in [0.5, 0.6) is 0 Å². The van der Waals surface area contributed by atoms with Crippen LogP contribution in [0.25, 0.3) is 11.3 Å². The molecule has 0 spiro atoms. The van der Waals surface area contributed by atoms with Gasteiger partial charge in [-0.25, -0.2) is 4.98 Å². The Hall–Kier alpha value is -2.48. The molecule has 2 aromatic heterocycles. The molecule has 1 fully saturated rings. The molecule has 3 aromatic rings. The van der Waals surface area contributed by atoms with Gasteiger partial charge in [0.2, 0.25) is 0 Å². The molecule has 0 atom stereocenters. The largest absolute Gasteiger partial charge is 0.371 e.